The fourth-order valence-corrected chi connectivity index (χ4v) is 5.80. The predicted octanol–water partition coefficient (Wildman–Crippen LogP) is 2.26. The molecule has 2 fully saturated rings. The number of hydrogen-bond donors (Lipinski definition) is 0. The van der Waals surface area contributed by atoms with Crippen molar-refractivity contribution in [2.75, 3.05) is 39.4 Å². The summed E-state index contributed by atoms with van der Waals surface area (Å²) < 4.78 is 33.3. The highest BCUT2D eigenvalue weighted by Gasteiger charge is 2.45. The minimum Gasteiger partial charge on any atom is -0.378 e. The molecule has 0 aliphatic carbocycles. The summed E-state index contributed by atoms with van der Waals surface area (Å²) in [4.78, 5) is 15.4. The number of sulfonamides is 1. The zero-order valence-corrected chi connectivity index (χ0v) is 17.3. The average Bonchev–Trinajstić information content (AvgIpc) is 3.21. The van der Waals surface area contributed by atoms with Crippen LogP contribution in [-0.2, 0) is 19.6 Å². The minimum absolute atomic E-state index is 0.0207. The van der Waals surface area contributed by atoms with E-state index in [2.05, 4.69) is 0 Å². The summed E-state index contributed by atoms with van der Waals surface area (Å²) in [5, 5.41) is 0. The monoisotopic (exact) mass is 414 g/mol. The van der Waals surface area contributed by atoms with E-state index in [1.54, 1.807) is 30.3 Å². The average molecular weight is 415 g/mol. The van der Waals surface area contributed by atoms with Gasteiger partial charge >= 0.3 is 0 Å². The first-order chi connectivity index (χ1) is 14.0. The number of morpholine rings is 1. The number of carbonyl (C=O) groups excluding carboxylic acids is 1. The van der Waals surface area contributed by atoms with Gasteiger partial charge in [0.15, 0.2) is 0 Å². The molecule has 1 amide bonds. The van der Waals surface area contributed by atoms with Gasteiger partial charge in [0.2, 0.25) is 15.9 Å². The normalized spacial score (nSPS) is 23.3. The lowest BCUT2D eigenvalue weighted by Gasteiger charge is -2.31. The first-order valence-corrected chi connectivity index (χ1v) is 11.4. The molecule has 154 valence electrons. The molecule has 2 aromatic rings. The highest BCUT2D eigenvalue weighted by atomic mass is 32.2. The molecule has 0 aromatic heterocycles. The molecule has 2 heterocycles. The number of ether oxygens (including phenoxy) is 1. The molecule has 4 rings (SSSR count). The smallest absolute Gasteiger partial charge is 0.243 e. The van der Waals surface area contributed by atoms with Crippen molar-refractivity contribution in [2.45, 2.75) is 17.7 Å². The molecule has 0 N–H and O–H groups in total. The Balaban J connectivity index is 1.67. The third-order valence-corrected chi connectivity index (χ3v) is 7.74. The summed E-state index contributed by atoms with van der Waals surface area (Å²) in [5.41, 5.74) is 2.13. The Morgan fingerprint density at radius 1 is 0.966 bits per heavy atom. The quantitative estimate of drug-likeness (QED) is 0.770. The number of benzene rings is 2. The Morgan fingerprint density at radius 3 is 2.31 bits per heavy atom. The maximum absolute atomic E-state index is 13.4. The fourth-order valence-electron chi connectivity index (χ4n) is 4.29. The van der Waals surface area contributed by atoms with Gasteiger partial charge in [0.05, 0.1) is 24.0 Å². The van der Waals surface area contributed by atoms with Crippen molar-refractivity contribution in [1.29, 1.82) is 0 Å². The van der Waals surface area contributed by atoms with Gasteiger partial charge in [-0.05, 0) is 30.2 Å². The first kappa shape index (κ1) is 20.1. The Labute approximate surface area is 172 Å². The van der Waals surface area contributed by atoms with Crippen LogP contribution >= 0.6 is 0 Å². The third-order valence-electron chi connectivity index (χ3n) is 5.90. The lowest BCUT2D eigenvalue weighted by Crippen LogP contribution is -2.45. The van der Waals surface area contributed by atoms with E-state index in [1.807, 2.05) is 36.1 Å². The topological polar surface area (TPSA) is 66.9 Å². The molecular formula is C22H26N2O4S. The van der Waals surface area contributed by atoms with Gasteiger partial charge in [-0.25, -0.2) is 8.42 Å². The number of carbonyl (C=O) groups is 1. The lowest BCUT2D eigenvalue weighted by atomic mass is 9.85. The van der Waals surface area contributed by atoms with Crippen molar-refractivity contribution >= 4 is 15.9 Å². The second-order valence-electron chi connectivity index (χ2n) is 7.64. The zero-order valence-electron chi connectivity index (χ0n) is 16.5. The van der Waals surface area contributed by atoms with E-state index in [4.69, 9.17) is 4.74 Å². The van der Waals surface area contributed by atoms with E-state index in [0.717, 1.165) is 11.1 Å². The van der Waals surface area contributed by atoms with Crippen molar-refractivity contribution in [3.63, 3.8) is 0 Å². The van der Waals surface area contributed by atoms with Crippen LogP contribution in [0.5, 0.6) is 0 Å². The molecule has 6 nitrogen and oxygen atoms in total. The standard InChI is InChI=1S/C22H26N2O4S/c1-17-7-5-6-10-19(17)20-15-24(29(26,27)18-8-3-2-4-9-18)16-21(20)22(25)23-11-13-28-14-12-23/h2-10,20-21H,11-16H2,1H3. The second kappa shape index (κ2) is 8.26. The molecule has 29 heavy (non-hydrogen) atoms. The molecule has 2 unspecified atom stereocenters. The van der Waals surface area contributed by atoms with E-state index in [9.17, 15) is 13.2 Å². The fraction of sp³-hybridized carbons (Fsp3) is 0.409. The second-order valence-corrected chi connectivity index (χ2v) is 9.58. The molecule has 2 saturated heterocycles. The molecule has 0 radical (unpaired) electrons. The van der Waals surface area contributed by atoms with Gasteiger partial charge in [-0.15, -0.1) is 0 Å². The van der Waals surface area contributed by atoms with Crippen LogP contribution in [0.3, 0.4) is 0 Å². The highest BCUT2D eigenvalue weighted by Crippen LogP contribution is 2.38. The molecule has 7 heteroatoms. The Hall–Kier alpha value is -2.22. The van der Waals surface area contributed by atoms with Gasteiger partial charge < -0.3 is 9.64 Å². The van der Waals surface area contributed by atoms with Crippen LogP contribution in [0.4, 0.5) is 0 Å². The van der Waals surface area contributed by atoms with E-state index < -0.39 is 15.9 Å². The molecule has 2 aliphatic rings. The maximum atomic E-state index is 13.4. The number of rotatable bonds is 4. The first-order valence-electron chi connectivity index (χ1n) is 9.96. The van der Waals surface area contributed by atoms with E-state index in [1.165, 1.54) is 4.31 Å². The van der Waals surface area contributed by atoms with Crippen LogP contribution in [0.25, 0.3) is 0 Å². The van der Waals surface area contributed by atoms with Crippen LogP contribution in [0.2, 0.25) is 0 Å². The van der Waals surface area contributed by atoms with Gasteiger partial charge in [0.1, 0.15) is 0 Å². The van der Waals surface area contributed by atoms with Crippen LogP contribution in [0, 0.1) is 12.8 Å². The van der Waals surface area contributed by atoms with Gasteiger partial charge in [0, 0.05) is 32.1 Å². The summed E-state index contributed by atoms with van der Waals surface area (Å²) in [6.07, 6.45) is 0. The molecule has 0 saturated carbocycles. The molecule has 2 aliphatic heterocycles. The van der Waals surface area contributed by atoms with Crippen LogP contribution < -0.4 is 0 Å². The van der Waals surface area contributed by atoms with E-state index in [0.29, 0.717) is 32.8 Å². The summed E-state index contributed by atoms with van der Waals surface area (Å²) >= 11 is 0. The zero-order chi connectivity index (χ0) is 20.4. The molecule has 0 bridgehead atoms. The third kappa shape index (κ3) is 3.95. The summed E-state index contributed by atoms with van der Waals surface area (Å²) in [5.74, 6) is -0.537. The van der Waals surface area contributed by atoms with Crippen LogP contribution in [-0.4, -0.2) is 62.9 Å². The molecule has 0 spiro atoms. The van der Waals surface area contributed by atoms with Gasteiger partial charge in [-0.1, -0.05) is 42.5 Å². The summed E-state index contributed by atoms with van der Waals surface area (Å²) in [7, 11) is -3.65. The van der Waals surface area contributed by atoms with Gasteiger partial charge in [0.25, 0.3) is 0 Å². The maximum Gasteiger partial charge on any atom is 0.243 e. The van der Waals surface area contributed by atoms with Gasteiger partial charge in [-0.3, -0.25) is 4.79 Å². The number of amides is 1. The van der Waals surface area contributed by atoms with Crippen molar-refractivity contribution in [2.24, 2.45) is 5.92 Å². The van der Waals surface area contributed by atoms with Crippen molar-refractivity contribution in [3.8, 4) is 0 Å². The van der Waals surface area contributed by atoms with Crippen molar-refractivity contribution < 1.29 is 17.9 Å². The Bertz CT molecular complexity index is 971. The van der Waals surface area contributed by atoms with E-state index in [-0.39, 0.29) is 23.3 Å². The van der Waals surface area contributed by atoms with Crippen molar-refractivity contribution in [1.82, 2.24) is 9.21 Å². The highest BCUT2D eigenvalue weighted by molar-refractivity contribution is 7.89. The number of nitrogens with zero attached hydrogens (tertiary/aromatic N) is 2. The minimum atomic E-state index is -3.65. The van der Waals surface area contributed by atoms with Gasteiger partial charge in [-0.2, -0.15) is 4.31 Å². The van der Waals surface area contributed by atoms with Crippen LogP contribution in [0.15, 0.2) is 59.5 Å². The SMILES string of the molecule is Cc1ccccc1C1CN(S(=O)(=O)c2ccccc2)CC1C(=O)N1CCOCC1. The van der Waals surface area contributed by atoms with Crippen LogP contribution in [0.1, 0.15) is 17.0 Å². The molecular weight excluding hydrogens is 388 g/mol. The molecule has 2 atom stereocenters. The Kier molecular flexibility index (Phi) is 5.72. The molecule has 2 aromatic carbocycles. The predicted molar refractivity (Wildman–Crippen MR) is 110 cm³/mol. The van der Waals surface area contributed by atoms with E-state index >= 15 is 0 Å². The van der Waals surface area contributed by atoms with Crippen molar-refractivity contribution in [3.05, 3.63) is 65.7 Å². The summed E-state index contributed by atoms with van der Waals surface area (Å²) in [6, 6.07) is 16.4. The summed E-state index contributed by atoms with van der Waals surface area (Å²) in [6.45, 7) is 4.69. The largest absolute Gasteiger partial charge is 0.378 e. The number of hydrogen-bond acceptors (Lipinski definition) is 4. The lowest BCUT2D eigenvalue weighted by molar-refractivity contribution is -0.139. The Morgan fingerprint density at radius 2 is 1.62 bits per heavy atom. The number of aryl methyl sites for hydroxylation is 1.